The maximum Gasteiger partial charge on any atom is 0.146 e. The summed E-state index contributed by atoms with van der Waals surface area (Å²) in [6.07, 6.45) is 0.749. The largest absolute Gasteiger partial charge is 0.456 e. The molecule has 0 fully saturated rings. The second-order valence-corrected chi connectivity index (χ2v) is 5.79. The molecule has 1 unspecified atom stereocenters. The first-order valence-corrected chi connectivity index (χ1v) is 7.20. The lowest BCUT2D eigenvalue weighted by molar-refractivity contribution is 0.474. The van der Waals surface area contributed by atoms with E-state index >= 15 is 0 Å². The highest BCUT2D eigenvalue weighted by Gasteiger charge is 2.09. The van der Waals surface area contributed by atoms with E-state index in [1.807, 2.05) is 43.3 Å². The van der Waals surface area contributed by atoms with Crippen molar-refractivity contribution in [3.63, 3.8) is 0 Å². The van der Waals surface area contributed by atoms with Crippen LogP contribution in [0.4, 0.5) is 0 Å². The zero-order chi connectivity index (χ0) is 13.8. The molecular formula is C15H15BrClNO. The third-order valence-electron chi connectivity index (χ3n) is 2.62. The number of benzene rings is 2. The SMILES string of the molecule is CC(N)Cc1cc(Br)ccc1Oc1ccccc1Cl. The van der Waals surface area contributed by atoms with Gasteiger partial charge < -0.3 is 10.5 Å². The van der Waals surface area contributed by atoms with Crippen LogP contribution < -0.4 is 10.5 Å². The molecule has 0 amide bonds. The molecule has 2 aromatic rings. The van der Waals surface area contributed by atoms with Gasteiger partial charge in [-0.05, 0) is 49.2 Å². The molecule has 0 aliphatic heterocycles. The van der Waals surface area contributed by atoms with Crippen molar-refractivity contribution in [3.05, 3.63) is 57.5 Å². The number of hydrogen-bond acceptors (Lipinski definition) is 2. The summed E-state index contributed by atoms with van der Waals surface area (Å²) in [6.45, 7) is 1.97. The molecule has 100 valence electrons. The molecule has 0 saturated carbocycles. The predicted octanol–water partition coefficient (Wildman–Crippen LogP) is 4.78. The Bertz CT molecular complexity index is 572. The van der Waals surface area contributed by atoms with Gasteiger partial charge in [-0.1, -0.05) is 39.7 Å². The van der Waals surface area contributed by atoms with Gasteiger partial charge in [0.2, 0.25) is 0 Å². The number of hydrogen-bond donors (Lipinski definition) is 1. The normalized spacial score (nSPS) is 12.2. The third-order valence-corrected chi connectivity index (χ3v) is 3.43. The fourth-order valence-corrected chi connectivity index (χ4v) is 2.38. The van der Waals surface area contributed by atoms with Crippen LogP contribution in [0.15, 0.2) is 46.9 Å². The van der Waals surface area contributed by atoms with Gasteiger partial charge in [-0.15, -0.1) is 0 Å². The summed E-state index contributed by atoms with van der Waals surface area (Å²) in [5, 5.41) is 0.595. The van der Waals surface area contributed by atoms with Crippen LogP contribution in [-0.4, -0.2) is 6.04 Å². The van der Waals surface area contributed by atoms with Crippen LogP contribution in [0, 0.1) is 0 Å². The summed E-state index contributed by atoms with van der Waals surface area (Å²) in [4.78, 5) is 0. The standard InChI is InChI=1S/C15H15BrClNO/c1-10(18)8-11-9-12(16)6-7-14(11)19-15-5-3-2-4-13(15)17/h2-7,9-10H,8,18H2,1H3. The molecule has 2 N–H and O–H groups in total. The number of nitrogens with two attached hydrogens (primary N) is 1. The van der Waals surface area contributed by atoms with E-state index in [9.17, 15) is 0 Å². The van der Waals surface area contributed by atoms with Crippen molar-refractivity contribution in [1.29, 1.82) is 0 Å². The molecule has 0 radical (unpaired) electrons. The average Bonchev–Trinajstić information content (AvgIpc) is 2.34. The molecule has 2 rings (SSSR count). The van der Waals surface area contributed by atoms with Crippen LogP contribution in [0.5, 0.6) is 11.5 Å². The van der Waals surface area contributed by atoms with E-state index in [-0.39, 0.29) is 6.04 Å². The third kappa shape index (κ3) is 3.96. The van der Waals surface area contributed by atoms with E-state index < -0.39 is 0 Å². The first-order chi connectivity index (χ1) is 9.06. The van der Waals surface area contributed by atoms with Crippen LogP contribution in [0.2, 0.25) is 5.02 Å². The van der Waals surface area contributed by atoms with E-state index in [0.29, 0.717) is 10.8 Å². The molecule has 4 heteroatoms. The van der Waals surface area contributed by atoms with Crippen molar-refractivity contribution in [2.75, 3.05) is 0 Å². The smallest absolute Gasteiger partial charge is 0.146 e. The van der Waals surface area contributed by atoms with Crippen molar-refractivity contribution in [3.8, 4) is 11.5 Å². The summed E-state index contributed by atoms with van der Waals surface area (Å²) in [5.74, 6) is 1.44. The zero-order valence-electron chi connectivity index (χ0n) is 10.6. The lowest BCUT2D eigenvalue weighted by atomic mass is 10.1. The summed E-state index contributed by atoms with van der Waals surface area (Å²) >= 11 is 9.57. The summed E-state index contributed by atoms with van der Waals surface area (Å²) in [7, 11) is 0. The molecule has 0 aliphatic rings. The molecular weight excluding hydrogens is 326 g/mol. The van der Waals surface area contributed by atoms with Gasteiger partial charge in [-0.3, -0.25) is 0 Å². The van der Waals surface area contributed by atoms with Crippen LogP contribution >= 0.6 is 27.5 Å². The monoisotopic (exact) mass is 339 g/mol. The maximum absolute atomic E-state index is 6.10. The van der Waals surface area contributed by atoms with E-state index in [2.05, 4.69) is 15.9 Å². The van der Waals surface area contributed by atoms with Crippen molar-refractivity contribution < 1.29 is 4.74 Å². The van der Waals surface area contributed by atoms with Gasteiger partial charge in [-0.25, -0.2) is 0 Å². The number of para-hydroxylation sites is 1. The van der Waals surface area contributed by atoms with Gasteiger partial charge in [-0.2, -0.15) is 0 Å². The Kier molecular flexibility index (Phi) is 4.86. The van der Waals surface area contributed by atoms with Crippen molar-refractivity contribution >= 4 is 27.5 Å². The number of ether oxygens (including phenoxy) is 1. The molecule has 0 aliphatic carbocycles. The van der Waals surface area contributed by atoms with E-state index in [4.69, 9.17) is 22.1 Å². The molecule has 19 heavy (non-hydrogen) atoms. The quantitative estimate of drug-likeness (QED) is 0.869. The maximum atomic E-state index is 6.10. The Morgan fingerprint density at radius 1 is 1.21 bits per heavy atom. The second-order valence-electron chi connectivity index (χ2n) is 4.47. The van der Waals surface area contributed by atoms with Crippen LogP contribution in [-0.2, 0) is 6.42 Å². The Hall–Kier alpha value is -1.03. The van der Waals surface area contributed by atoms with E-state index in [1.165, 1.54) is 0 Å². The Morgan fingerprint density at radius 3 is 2.63 bits per heavy atom. The van der Waals surface area contributed by atoms with Gasteiger partial charge in [0.15, 0.2) is 0 Å². The lowest BCUT2D eigenvalue weighted by Crippen LogP contribution is -2.18. The first kappa shape index (κ1) is 14.4. The molecule has 0 heterocycles. The topological polar surface area (TPSA) is 35.2 Å². The first-order valence-electron chi connectivity index (χ1n) is 6.02. The fraction of sp³-hybridized carbons (Fsp3) is 0.200. The zero-order valence-corrected chi connectivity index (χ0v) is 12.9. The summed E-state index contributed by atoms with van der Waals surface area (Å²) in [5.41, 5.74) is 6.93. The van der Waals surface area contributed by atoms with Crippen molar-refractivity contribution in [2.45, 2.75) is 19.4 Å². The molecule has 0 saturated heterocycles. The summed E-state index contributed by atoms with van der Waals surface area (Å²) < 4.78 is 6.90. The molecule has 2 aromatic carbocycles. The predicted molar refractivity (Wildman–Crippen MR) is 83.0 cm³/mol. The van der Waals surface area contributed by atoms with E-state index in [0.717, 1.165) is 22.2 Å². The lowest BCUT2D eigenvalue weighted by Gasteiger charge is -2.14. The molecule has 0 spiro atoms. The van der Waals surface area contributed by atoms with Gasteiger partial charge in [0.25, 0.3) is 0 Å². The van der Waals surface area contributed by atoms with Gasteiger partial charge >= 0.3 is 0 Å². The van der Waals surface area contributed by atoms with Gasteiger partial charge in [0.05, 0.1) is 5.02 Å². The minimum absolute atomic E-state index is 0.0721. The molecule has 0 bridgehead atoms. The van der Waals surface area contributed by atoms with Crippen LogP contribution in [0.25, 0.3) is 0 Å². The minimum Gasteiger partial charge on any atom is -0.456 e. The highest BCUT2D eigenvalue weighted by molar-refractivity contribution is 9.10. The Morgan fingerprint density at radius 2 is 1.95 bits per heavy atom. The van der Waals surface area contributed by atoms with Crippen molar-refractivity contribution in [2.24, 2.45) is 5.73 Å². The molecule has 1 atom stereocenters. The Balaban J connectivity index is 2.32. The highest BCUT2D eigenvalue weighted by atomic mass is 79.9. The minimum atomic E-state index is 0.0721. The van der Waals surface area contributed by atoms with Gasteiger partial charge in [0, 0.05) is 10.5 Å². The summed E-state index contributed by atoms with van der Waals surface area (Å²) in [6, 6.07) is 13.4. The van der Waals surface area contributed by atoms with E-state index in [1.54, 1.807) is 6.07 Å². The highest BCUT2D eigenvalue weighted by Crippen LogP contribution is 2.32. The van der Waals surface area contributed by atoms with Gasteiger partial charge in [0.1, 0.15) is 11.5 Å². The number of rotatable bonds is 4. The molecule has 2 nitrogen and oxygen atoms in total. The second kappa shape index (κ2) is 6.42. The number of halogens is 2. The fourth-order valence-electron chi connectivity index (χ4n) is 1.80. The van der Waals surface area contributed by atoms with Crippen molar-refractivity contribution in [1.82, 2.24) is 0 Å². The molecule has 0 aromatic heterocycles. The average molecular weight is 341 g/mol. The Labute approximate surface area is 126 Å². The van der Waals surface area contributed by atoms with Crippen LogP contribution in [0.1, 0.15) is 12.5 Å². The van der Waals surface area contributed by atoms with Crippen LogP contribution in [0.3, 0.4) is 0 Å².